The van der Waals surface area contributed by atoms with E-state index in [0.29, 0.717) is 24.6 Å². The molecule has 0 saturated heterocycles. The number of benzene rings is 1. The molecule has 5 nitrogen and oxygen atoms in total. The highest BCUT2D eigenvalue weighted by Crippen LogP contribution is 2.14. The van der Waals surface area contributed by atoms with Crippen LogP contribution in [-0.2, 0) is 0 Å². The van der Waals surface area contributed by atoms with Crippen LogP contribution in [0.15, 0.2) is 36.4 Å². The zero-order chi connectivity index (χ0) is 15.2. The summed E-state index contributed by atoms with van der Waals surface area (Å²) >= 11 is 0. The van der Waals surface area contributed by atoms with Crippen molar-refractivity contribution in [3.63, 3.8) is 0 Å². The van der Waals surface area contributed by atoms with Crippen molar-refractivity contribution in [3.8, 4) is 0 Å². The first kappa shape index (κ1) is 15.0. The van der Waals surface area contributed by atoms with Gasteiger partial charge < -0.3 is 10.2 Å². The molecule has 2 aromatic rings. The number of carbonyl (C=O) groups is 1. The molecule has 0 fully saturated rings. The summed E-state index contributed by atoms with van der Waals surface area (Å²) in [5, 5.41) is 11.2. The van der Waals surface area contributed by atoms with Crippen molar-refractivity contribution in [2.24, 2.45) is 0 Å². The van der Waals surface area contributed by atoms with Gasteiger partial charge in [-0.1, -0.05) is 17.7 Å². The Hall–Kier alpha value is -2.43. The third-order valence-corrected chi connectivity index (χ3v) is 3.26. The van der Waals surface area contributed by atoms with Crippen LogP contribution in [0.2, 0.25) is 0 Å². The lowest BCUT2D eigenvalue weighted by atomic mass is 10.2. The fourth-order valence-electron chi connectivity index (χ4n) is 1.97. The molecule has 21 heavy (non-hydrogen) atoms. The maximum absolute atomic E-state index is 12.1. The summed E-state index contributed by atoms with van der Waals surface area (Å²) in [6.07, 6.45) is 0. The van der Waals surface area contributed by atoms with Crippen LogP contribution in [-0.4, -0.2) is 34.1 Å². The number of amides is 1. The van der Waals surface area contributed by atoms with E-state index in [1.54, 1.807) is 17.0 Å². The number of nitrogens with one attached hydrogen (secondary N) is 1. The summed E-state index contributed by atoms with van der Waals surface area (Å²) in [6, 6.07) is 11.5. The topological polar surface area (TPSA) is 58.1 Å². The highest BCUT2D eigenvalue weighted by Gasteiger charge is 2.14. The molecule has 2 rings (SSSR count). The lowest BCUT2D eigenvalue weighted by molar-refractivity contribution is 0.0766. The van der Waals surface area contributed by atoms with Gasteiger partial charge in [0.15, 0.2) is 11.5 Å². The van der Waals surface area contributed by atoms with Crippen molar-refractivity contribution in [1.29, 1.82) is 0 Å². The lowest BCUT2D eigenvalue weighted by Crippen LogP contribution is -2.31. The second-order valence-corrected chi connectivity index (χ2v) is 4.77. The molecule has 0 bridgehead atoms. The van der Waals surface area contributed by atoms with Crippen molar-refractivity contribution in [2.75, 3.05) is 18.4 Å². The van der Waals surface area contributed by atoms with E-state index in [-0.39, 0.29) is 5.91 Å². The molecule has 0 aliphatic heterocycles. The van der Waals surface area contributed by atoms with E-state index in [2.05, 4.69) is 15.5 Å². The number of aromatic nitrogens is 2. The summed E-state index contributed by atoms with van der Waals surface area (Å²) in [6.45, 7) is 7.27. The SMILES string of the molecule is CCN(CC)C(=O)c1ccc(Nc2ccc(C)cc2)nn1. The molecule has 0 radical (unpaired) electrons. The third kappa shape index (κ3) is 3.78. The van der Waals surface area contributed by atoms with Crippen LogP contribution in [0.3, 0.4) is 0 Å². The Morgan fingerprint density at radius 1 is 1.05 bits per heavy atom. The van der Waals surface area contributed by atoms with Crippen LogP contribution in [0.1, 0.15) is 29.9 Å². The standard InChI is InChI=1S/C16H20N4O/c1-4-20(5-2)16(21)14-10-11-15(19-18-14)17-13-8-6-12(3)7-9-13/h6-11H,4-5H2,1-3H3,(H,17,19). The molecular formula is C16H20N4O. The largest absolute Gasteiger partial charge is 0.339 e. The van der Waals surface area contributed by atoms with E-state index < -0.39 is 0 Å². The minimum atomic E-state index is -0.0885. The van der Waals surface area contributed by atoms with E-state index in [9.17, 15) is 4.79 Å². The molecular weight excluding hydrogens is 264 g/mol. The van der Waals surface area contributed by atoms with Gasteiger partial charge >= 0.3 is 0 Å². The third-order valence-electron chi connectivity index (χ3n) is 3.26. The Balaban J connectivity index is 2.08. The molecule has 110 valence electrons. The van der Waals surface area contributed by atoms with Gasteiger partial charge in [0, 0.05) is 18.8 Å². The summed E-state index contributed by atoms with van der Waals surface area (Å²) in [7, 11) is 0. The summed E-state index contributed by atoms with van der Waals surface area (Å²) in [5.41, 5.74) is 2.51. The number of hydrogen-bond donors (Lipinski definition) is 1. The summed E-state index contributed by atoms with van der Waals surface area (Å²) in [5.74, 6) is 0.532. The van der Waals surface area contributed by atoms with Crippen LogP contribution in [0.25, 0.3) is 0 Å². The van der Waals surface area contributed by atoms with Gasteiger partial charge in [-0.3, -0.25) is 4.79 Å². The Morgan fingerprint density at radius 3 is 2.24 bits per heavy atom. The molecule has 0 spiro atoms. The lowest BCUT2D eigenvalue weighted by Gasteiger charge is -2.17. The number of aryl methyl sites for hydroxylation is 1. The van der Waals surface area contributed by atoms with Crippen molar-refractivity contribution < 1.29 is 4.79 Å². The van der Waals surface area contributed by atoms with E-state index in [0.717, 1.165) is 5.69 Å². The molecule has 0 unspecified atom stereocenters. The summed E-state index contributed by atoms with van der Waals surface area (Å²) < 4.78 is 0. The first-order valence-corrected chi connectivity index (χ1v) is 7.10. The monoisotopic (exact) mass is 284 g/mol. The maximum atomic E-state index is 12.1. The second-order valence-electron chi connectivity index (χ2n) is 4.77. The molecule has 0 aliphatic carbocycles. The Bertz CT molecular complexity index is 589. The normalized spacial score (nSPS) is 10.2. The highest BCUT2D eigenvalue weighted by atomic mass is 16.2. The first-order valence-electron chi connectivity index (χ1n) is 7.10. The van der Waals surface area contributed by atoms with Crippen LogP contribution >= 0.6 is 0 Å². The zero-order valence-corrected chi connectivity index (χ0v) is 12.6. The fraction of sp³-hybridized carbons (Fsp3) is 0.312. The number of anilines is 2. The fourth-order valence-corrected chi connectivity index (χ4v) is 1.97. The van der Waals surface area contributed by atoms with E-state index in [1.165, 1.54) is 5.56 Å². The highest BCUT2D eigenvalue weighted by molar-refractivity contribution is 5.92. The minimum absolute atomic E-state index is 0.0885. The predicted octanol–water partition coefficient (Wildman–Crippen LogP) is 3.01. The van der Waals surface area contributed by atoms with Crippen molar-refractivity contribution >= 4 is 17.4 Å². The molecule has 0 atom stereocenters. The van der Waals surface area contributed by atoms with Crippen LogP contribution in [0.5, 0.6) is 0 Å². The molecule has 1 aromatic heterocycles. The maximum Gasteiger partial charge on any atom is 0.274 e. The molecule has 1 N–H and O–H groups in total. The van der Waals surface area contributed by atoms with Gasteiger partial charge in [-0.25, -0.2) is 0 Å². The zero-order valence-electron chi connectivity index (χ0n) is 12.6. The quantitative estimate of drug-likeness (QED) is 0.917. The smallest absolute Gasteiger partial charge is 0.274 e. The average Bonchev–Trinajstić information content (AvgIpc) is 2.51. The van der Waals surface area contributed by atoms with Gasteiger partial charge in [0.25, 0.3) is 5.91 Å². The molecule has 1 heterocycles. The first-order chi connectivity index (χ1) is 10.1. The van der Waals surface area contributed by atoms with Crippen molar-refractivity contribution in [3.05, 3.63) is 47.7 Å². The Morgan fingerprint density at radius 2 is 1.71 bits per heavy atom. The molecule has 0 aliphatic rings. The molecule has 5 heteroatoms. The van der Waals surface area contributed by atoms with Gasteiger partial charge in [-0.2, -0.15) is 0 Å². The van der Waals surface area contributed by atoms with Crippen LogP contribution in [0, 0.1) is 6.92 Å². The summed E-state index contributed by atoms with van der Waals surface area (Å²) in [4.78, 5) is 13.8. The number of nitrogens with zero attached hydrogens (tertiary/aromatic N) is 3. The molecule has 1 aromatic carbocycles. The number of rotatable bonds is 5. The van der Waals surface area contributed by atoms with E-state index >= 15 is 0 Å². The van der Waals surface area contributed by atoms with Crippen molar-refractivity contribution in [1.82, 2.24) is 15.1 Å². The Labute approximate surface area is 125 Å². The van der Waals surface area contributed by atoms with Crippen molar-refractivity contribution in [2.45, 2.75) is 20.8 Å². The minimum Gasteiger partial charge on any atom is -0.339 e. The van der Waals surface area contributed by atoms with Crippen LogP contribution < -0.4 is 5.32 Å². The van der Waals surface area contributed by atoms with Gasteiger partial charge in [0.2, 0.25) is 0 Å². The van der Waals surface area contributed by atoms with Gasteiger partial charge in [-0.15, -0.1) is 10.2 Å². The Kier molecular flexibility index (Phi) is 4.87. The molecule has 0 saturated carbocycles. The van der Waals surface area contributed by atoms with Crippen LogP contribution in [0.4, 0.5) is 11.5 Å². The van der Waals surface area contributed by atoms with E-state index in [1.807, 2.05) is 45.0 Å². The predicted molar refractivity (Wildman–Crippen MR) is 83.7 cm³/mol. The molecule has 1 amide bonds. The number of hydrogen-bond acceptors (Lipinski definition) is 4. The average molecular weight is 284 g/mol. The second kappa shape index (κ2) is 6.83. The van der Waals surface area contributed by atoms with Gasteiger partial charge in [0.05, 0.1) is 0 Å². The van der Waals surface area contributed by atoms with E-state index in [4.69, 9.17) is 0 Å². The van der Waals surface area contributed by atoms with Gasteiger partial charge in [-0.05, 0) is 45.0 Å². The van der Waals surface area contributed by atoms with Gasteiger partial charge in [0.1, 0.15) is 0 Å². The number of carbonyl (C=O) groups excluding carboxylic acids is 1.